The van der Waals surface area contributed by atoms with Crippen molar-refractivity contribution in [3.63, 3.8) is 0 Å². The maximum absolute atomic E-state index is 11.6. The number of hydrogen-bond donors (Lipinski definition) is 2. The van der Waals surface area contributed by atoms with Crippen LogP contribution >= 0.6 is 0 Å². The summed E-state index contributed by atoms with van der Waals surface area (Å²) in [4.78, 5) is 22.1. The van der Waals surface area contributed by atoms with E-state index in [4.69, 9.17) is 9.63 Å². The average molecular weight is 240 g/mol. The van der Waals surface area contributed by atoms with E-state index in [9.17, 15) is 9.59 Å². The largest absolute Gasteiger partial charge is 0.481 e. The molecule has 1 heterocycles. The van der Waals surface area contributed by atoms with Crippen LogP contribution in [0.4, 0.5) is 0 Å². The van der Waals surface area contributed by atoms with E-state index in [0.717, 1.165) is 5.56 Å². The Bertz CT molecular complexity index is 406. The van der Waals surface area contributed by atoms with Crippen LogP contribution in [-0.2, 0) is 16.0 Å². The fourth-order valence-corrected chi connectivity index (χ4v) is 1.33. The summed E-state index contributed by atoms with van der Waals surface area (Å²) < 4.78 is 4.94. The number of nitrogens with one attached hydrogen (secondary N) is 1. The number of aryl methyl sites for hydroxylation is 2. The van der Waals surface area contributed by atoms with Crippen LogP contribution < -0.4 is 5.32 Å². The van der Waals surface area contributed by atoms with Crippen LogP contribution in [0.5, 0.6) is 0 Å². The number of aromatic nitrogens is 1. The predicted octanol–water partition coefficient (Wildman–Crippen LogP) is 0.671. The first-order chi connectivity index (χ1) is 7.91. The minimum absolute atomic E-state index is 0.123. The van der Waals surface area contributed by atoms with E-state index in [0.29, 0.717) is 11.5 Å². The lowest BCUT2D eigenvalue weighted by Crippen LogP contribution is -2.32. The Hall–Kier alpha value is -1.85. The number of carbonyl (C=O) groups is 2. The van der Waals surface area contributed by atoms with E-state index in [1.807, 2.05) is 0 Å². The smallest absolute Gasteiger partial charge is 0.308 e. The van der Waals surface area contributed by atoms with Crippen molar-refractivity contribution in [1.82, 2.24) is 10.5 Å². The molecule has 1 amide bonds. The van der Waals surface area contributed by atoms with Crippen molar-refractivity contribution in [2.45, 2.75) is 27.2 Å². The van der Waals surface area contributed by atoms with Gasteiger partial charge in [-0.3, -0.25) is 9.59 Å². The first-order valence-corrected chi connectivity index (χ1v) is 5.33. The molecule has 0 spiro atoms. The molecule has 1 aromatic heterocycles. The second kappa shape index (κ2) is 5.47. The lowest BCUT2D eigenvalue weighted by molar-refractivity contribution is -0.141. The van der Waals surface area contributed by atoms with E-state index in [1.165, 1.54) is 0 Å². The minimum Gasteiger partial charge on any atom is -0.481 e. The first kappa shape index (κ1) is 13.2. The molecule has 0 aliphatic heterocycles. The molecule has 0 bridgehead atoms. The molecule has 0 aromatic carbocycles. The number of hydrogen-bond acceptors (Lipinski definition) is 4. The Morgan fingerprint density at radius 3 is 2.59 bits per heavy atom. The van der Waals surface area contributed by atoms with Crippen LogP contribution in [0.2, 0.25) is 0 Å². The van der Waals surface area contributed by atoms with Crippen LogP contribution in [0.15, 0.2) is 4.52 Å². The van der Waals surface area contributed by atoms with Crippen molar-refractivity contribution in [3.05, 3.63) is 17.0 Å². The quantitative estimate of drug-likeness (QED) is 0.789. The van der Waals surface area contributed by atoms with Crippen molar-refractivity contribution in [2.75, 3.05) is 6.54 Å². The average Bonchev–Trinajstić information content (AvgIpc) is 2.57. The fraction of sp³-hybridized carbons (Fsp3) is 0.545. The highest BCUT2D eigenvalue weighted by Crippen LogP contribution is 2.12. The SMILES string of the molecule is Cc1noc(C)c1CC(=O)NCC(C)C(=O)O. The molecule has 0 fully saturated rings. The summed E-state index contributed by atoms with van der Waals surface area (Å²) in [6.07, 6.45) is 0.160. The Labute approximate surface area is 99.0 Å². The van der Waals surface area contributed by atoms with E-state index < -0.39 is 11.9 Å². The summed E-state index contributed by atoms with van der Waals surface area (Å²) in [5, 5.41) is 15.0. The molecule has 0 saturated heterocycles. The zero-order valence-electron chi connectivity index (χ0n) is 10.1. The van der Waals surface area contributed by atoms with Crippen LogP contribution in [0, 0.1) is 19.8 Å². The third kappa shape index (κ3) is 3.58. The van der Waals surface area contributed by atoms with Crippen molar-refractivity contribution >= 4 is 11.9 Å². The molecule has 1 atom stereocenters. The zero-order valence-corrected chi connectivity index (χ0v) is 10.1. The van der Waals surface area contributed by atoms with Gasteiger partial charge in [-0.05, 0) is 13.8 Å². The van der Waals surface area contributed by atoms with Crippen molar-refractivity contribution in [2.24, 2.45) is 5.92 Å². The highest BCUT2D eigenvalue weighted by atomic mass is 16.5. The Morgan fingerprint density at radius 2 is 2.12 bits per heavy atom. The van der Waals surface area contributed by atoms with Gasteiger partial charge in [0.2, 0.25) is 5.91 Å². The number of carboxylic acid groups (broad SMARTS) is 1. The molecule has 1 unspecified atom stereocenters. The molecule has 0 radical (unpaired) electrons. The van der Waals surface area contributed by atoms with Crippen LogP contribution in [0.25, 0.3) is 0 Å². The lowest BCUT2D eigenvalue weighted by Gasteiger charge is -2.08. The Morgan fingerprint density at radius 1 is 1.47 bits per heavy atom. The van der Waals surface area contributed by atoms with E-state index >= 15 is 0 Å². The maximum atomic E-state index is 11.6. The third-order valence-electron chi connectivity index (χ3n) is 2.55. The number of carbonyl (C=O) groups excluding carboxylic acids is 1. The molecule has 0 aliphatic carbocycles. The third-order valence-corrected chi connectivity index (χ3v) is 2.55. The molecule has 0 saturated carbocycles. The van der Waals surface area contributed by atoms with Gasteiger partial charge >= 0.3 is 5.97 Å². The van der Waals surface area contributed by atoms with Gasteiger partial charge < -0.3 is 14.9 Å². The van der Waals surface area contributed by atoms with Gasteiger partial charge in [0.15, 0.2) is 0 Å². The van der Waals surface area contributed by atoms with E-state index in [1.54, 1.807) is 20.8 Å². The Balaban J connectivity index is 2.48. The number of amides is 1. The van der Waals surface area contributed by atoms with Crippen LogP contribution in [0.1, 0.15) is 23.9 Å². The zero-order chi connectivity index (χ0) is 13.0. The van der Waals surface area contributed by atoms with Gasteiger partial charge in [-0.2, -0.15) is 0 Å². The monoisotopic (exact) mass is 240 g/mol. The minimum atomic E-state index is -0.928. The van der Waals surface area contributed by atoms with Crippen LogP contribution in [0.3, 0.4) is 0 Å². The molecular formula is C11H16N2O4. The van der Waals surface area contributed by atoms with Crippen LogP contribution in [-0.4, -0.2) is 28.7 Å². The van der Waals surface area contributed by atoms with Gasteiger partial charge in [-0.15, -0.1) is 0 Å². The molecule has 2 N–H and O–H groups in total. The van der Waals surface area contributed by atoms with E-state index in [2.05, 4.69) is 10.5 Å². The number of carboxylic acids is 1. The first-order valence-electron chi connectivity index (χ1n) is 5.33. The molecule has 6 nitrogen and oxygen atoms in total. The summed E-state index contributed by atoms with van der Waals surface area (Å²) in [7, 11) is 0. The van der Waals surface area contributed by atoms with Gasteiger partial charge in [0, 0.05) is 12.1 Å². The predicted molar refractivity (Wildman–Crippen MR) is 59.5 cm³/mol. The second-order valence-corrected chi connectivity index (χ2v) is 4.02. The van der Waals surface area contributed by atoms with Gasteiger partial charge in [0.1, 0.15) is 5.76 Å². The van der Waals surface area contributed by atoms with Gasteiger partial charge in [0.05, 0.1) is 18.0 Å². The molecule has 6 heteroatoms. The van der Waals surface area contributed by atoms with E-state index in [-0.39, 0.29) is 18.9 Å². The second-order valence-electron chi connectivity index (χ2n) is 4.02. The van der Waals surface area contributed by atoms with Gasteiger partial charge in [-0.25, -0.2) is 0 Å². The summed E-state index contributed by atoms with van der Waals surface area (Å²) in [6, 6.07) is 0. The molecule has 1 rings (SSSR count). The Kier molecular flexibility index (Phi) is 4.25. The molecule has 17 heavy (non-hydrogen) atoms. The van der Waals surface area contributed by atoms with Gasteiger partial charge in [-0.1, -0.05) is 12.1 Å². The number of nitrogens with zero attached hydrogens (tertiary/aromatic N) is 1. The highest BCUT2D eigenvalue weighted by Gasteiger charge is 2.15. The lowest BCUT2D eigenvalue weighted by atomic mass is 10.1. The topological polar surface area (TPSA) is 92.4 Å². The molecule has 0 aliphatic rings. The van der Waals surface area contributed by atoms with Gasteiger partial charge in [0.25, 0.3) is 0 Å². The maximum Gasteiger partial charge on any atom is 0.308 e. The van der Waals surface area contributed by atoms with Crippen molar-refractivity contribution in [1.29, 1.82) is 0 Å². The highest BCUT2D eigenvalue weighted by molar-refractivity contribution is 5.79. The van der Waals surface area contributed by atoms with Crippen molar-refractivity contribution in [3.8, 4) is 0 Å². The standard InChI is InChI=1S/C11H16N2O4/c1-6(11(15)16)5-12-10(14)4-9-7(2)13-17-8(9)3/h6H,4-5H2,1-3H3,(H,12,14)(H,15,16). The summed E-state index contributed by atoms with van der Waals surface area (Å²) in [5.41, 5.74) is 1.44. The molecular weight excluding hydrogens is 224 g/mol. The number of rotatable bonds is 5. The summed E-state index contributed by atoms with van der Waals surface area (Å²) in [6.45, 7) is 5.16. The summed E-state index contributed by atoms with van der Waals surface area (Å²) >= 11 is 0. The molecule has 1 aromatic rings. The fourth-order valence-electron chi connectivity index (χ4n) is 1.33. The summed E-state index contributed by atoms with van der Waals surface area (Å²) in [5.74, 6) is -1.14. The normalized spacial score (nSPS) is 12.2. The number of aliphatic carboxylic acids is 1. The van der Waals surface area contributed by atoms with Crippen molar-refractivity contribution < 1.29 is 19.2 Å². The molecule has 94 valence electrons.